The van der Waals surface area contributed by atoms with Crippen molar-refractivity contribution in [2.45, 2.75) is 38.6 Å². The Morgan fingerprint density at radius 1 is 1.40 bits per heavy atom. The van der Waals surface area contributed by atoms with Gasteiger partial charge in [-0.1, -0.05) is 6.92 Å². The molecule has 0 amide bonds. The summed E-state index contributed by atoms with van der Waals surface area (Å²) in [5.41, 5.74) is 0. The third-order valence-electron chi connectivity index (χ3n) is 3.99. The maximum atomic E-state index is 11.7. The van der Waals surface area contributed by atoms with Gasteiger partial charge in [0.05, 0.1) is 6.26 Å². The number of nitrogens with one attached hydrogen (secondary N) is 1. The van der Waals surface area contributed by atoms with E-state index in [4.69, 9.17) is 0 Å². The molecule has 0 spiro atoms. The van der Waals surface area contributed by atoms with Gasteiger partial charge in [0, 0.05) is 19.1 Å². The van der Waals surface area contributed by atoms with E-state index >= 15 is 0 Å². The number of piperidine rings is 1. The average molecular weight is 305 g/mol. The molecule has 0 saturated carbocycles. The second-order valence-electron chi connectivity index (χ2n) is 6.21. The molecule has 1 heterocycles. The van der Waals surface area contributed by atoms with E-state index in [0.29, 0.717) is 25.0 Å². The zero-order valence-electron chi connectivity index (χ0n) is 13.4. The predicted molar refractivity (Wildman–Crippen MR) is 84.4 cm³/mol. The van der Waals surface area contributed by atoms with Crippen molar-refractivity contribution < 1.29 is 8.42 Å². The highest BCUT2D eigenvalue weighted by Gasteiger charge is 2.27. The van der Waals surface area contributed by atoms with Crippen LogP contribution in [0.1, 0.15) is 32.6 Å². The summed E-state index contributed by atoms with van der Waals surface area (Å²) in [7, 11) is 1.16. The number of nitrogens with zero attached hydrogens (tertiary/aromatic N) is 2. The summed E-state index contributed by atoms with van der Waals surface area (Å²) in [6.45, 7) is 5.56. The van der Waals surface area contributed by atoms with Crippen LogP contribution in [0.4, 0.5) is 0 Å². The standard InChI is InChI=1S/C14H31N3O2S/c1-5-15-14(8-10-16(2)3)11-13-7-6-9-17(12-13)20(4,18)19/h13-15H,5-12H2,1-4H3. The smallest absolute Gasteiger partial charge is 0.211 e. The van der Waals surface area contributed by atoms with Crippen molar-refractivity contribution in [3.8, 4) is 0 Å². The van der Waals surface area contributed by atoms with Crippen LogP contribution >= 0.6 is 0 Å². The van der Waals surface area contributed by atoms with E-state index < -0.39 is 10.0 Å². The Bertz CT molecular complexity index is 371. The fourth-order valence-electron chi connectivity index (χ4n) is 2.93. The van der Waals surface area contributed by atoms with Crippen LogP contribution in [0.15, 0.2) is 0 Å². The van der Waals surface area contributed by atoms with Crippen LogP contribution in [0, 0.1) is 5.92 Å². The molecular formula is C14H31N3O2S. The number of hydrogen-bond acceptors (Lipinski definition) is 4. The second kappa shape index (κ2) is 8.32. The Labute approximate surface area is 124 Å². The highest BCUT2D eigenvalue weighted by molar-refractivity contribution is 7.88. The Morgan fingerprint density at radius 2 is 2.10 bits per heavy atom. The van der Waals surface area contributed by atoms with Crippen molar-refractivity contribution in [2.24, 2.45) is 5.92 Å². The lowest BCUT2D eigenvalue weighted by Crippen LogP contribution is -2.42. The molecule has 0 aromatic heterocycles. The fourth-order valence-corrected chi connectivity index (χ4v) is 3.87. The third-order valence-corrected chi connectivity index (χ3v) is 5.26. The van der Waals surface area contributed by atoms with Gasteiger partial charge < -0.3 is 10.2 Å². The molecule has 120 valence electrons. The summed E-state index contributed by atoms with van der Waals surface area (Å²) in [5.74, 6) is 0.490. The Hall–Kier alpha value is -0.170. The molecule has 1 aliphatic heterocycles. The Morgan fingerprint density at radius 3 is 2.65 bits per heavy atom. The molecule has 0 radical (unpaired) electrons. The molecule has 2 unspecified atom stereocenters. The summed E-state index contributed by atoms with van der Waals surface area (Å²) >= 11 is 0. The molecule has 2 atom stereocenters. The van der Waals surface area contributed by atoms with Crippen LogP contribution in [-0.4, -0.2) is 70.2 Å². The first kappa shape index (κ1) is 17.9. The molecule has 0 aromatic carbocycles. The van der Waals surface area contributed by atoms with Crippen molar-refractivity contribution in [3.05, 3.63) is 0 Å². The maximum absolute atomic E-state index is 11.7. The summed E-state index contributed by atoms with van der Waals surface area (Å²) in [5, 5.41) is 3.54. The Balaban J connectivity index is 2.50. The molecule has 6 heteroatoms. The van der Waals surface area contributed by atoms with E-state index in [1.54, 1.807) is 4.31 Å². The van der Waals surface area contributed by atoms with Crippen molar-refractivity contribution in [2.75, 3.05) is 46.5 Å². The molecule has 1 rings (SSSR count). The number of rotatable bonds is 8. The van der Waals surface area contributed by atoms with Gasteiger partial charge in [0.2, 0.25) is 10.0 Å². The number of sulfonamides is 1. The van der Waals surface area contributed by atoms with Gasteiger partial charge in [-0.15, -0.1) is 0 Å². The van der Waals surface area contributed by atoms with Gasteiger partial charge in [0.25, 0.3) is 0 Å². The number of hydrogen-bond donors (Lipinski definition) is 1. The highest BCUT2D eigenvalue weighted by atomic mass is 32.2. The normalized spacial score (nSPS) is 23.1. The van der Waals surface area contributed by atoms with Gasteiger partial charge in [0.1, 0.15) is 0 Å². The molecule has 0 aliphatic carbocycles. The first-order chi connectivity index (χ1) is 9.32. The largest absolute Gasteiger partial charge is 0.314 e. The molecular weight excluding hydrogens is 274 g/mol. The van der Waals surface area contributed by atoms with Crippen molar-refractivity contribution >= 4 is 10.0 Å². The predicted octanol–water partition coefficient (Wildman–Crippen LogP) is 0.978. The van der Waals surface area contributed by atoms with E-state index in [0.717, 1.165) is 38.8 Å². The molecule has 5 nitrogen and oxygen atoms in total. The molecule has 1 N–H and O–H groups in total. The summed E-state index contributed by atoms with van der Waals surface area (Å²) in [6.07, 6.45) is 5.66. The maximum Gasteiger partial charge on any atom is 0.211 e. The first-order valence-electron chi connectivity index (χ1n) is 7.66. The zero-order chi connectivity index (χ0) is 15.2. The lowest BCUT2D eigenvalue weighted by molar-refractivity contribution is 0.229. The summed E-state index contributed by atoms with van der Waals surface area (Å²) < 4.78 is 25.0. The summed E-state index contributed by atoms with van der Waals surface area (Å²) in [4.78, 5) is 2.20. The Kier molecular flexibility index (Phi) is 7.43. The SMILES string of the molecule is CCNC(CCN(C)C)CC1CCCN(S(C)(=O)=O)C1. The molecule has 1 fully saturated rings. The van der Waals surface area contributed by atoms with Gasteiger partial charge in [-0.3, -0.25) is 0 Å². The zero-order valence-corrected chi connectivity index (χ0v) is 14.2. The van der Waals surface area contributed by atoms with Crippen molar-refractivity contribution in [3.63, 3.8) is 0 Å². The van der Waals surface area contributed by atoms with Crippen LogP contribution in [0.25, 0.3) is 0 Å². The van der Waals surface area contributed by atoms with Crippen LogP contribution in [0.3, 0.4) is 0 Å². The van der Waals surface area contributed by atoms with Gasteiger partial charge in [-0.05, 0) is 58.8 Å². The van der Waals surface area contributed by atoms with Crippen LogP contribution in [0.5, 0.6) is 0 Å². The topological polar surface area (TPSA) is 52.6 Å². The minimum Gasteiger partial charge on any atom is -0.314 e. The minimum absolute atomic E-state index is 0.490. The minimum atomic E-state index is -3.03. The first-order valence-corrected chi connectivity index (χ1v) is 9.51. The monoisotopic (exact) mass is 305 g/mol. The lowest BCUT2D eigenvalue weighted by Gasteiger charge is -2.33. The van der Waals surface area contributed by atoms with E-state index in [1.165, 1.54) is 6.26 Å². The molecule has 0 aromatic rings. The van der Waals surface area contributed by atoms with Gasteiger partial charge in [-0.25, -0.2) is 12.7 Å². The van der Waals surface area contributed by atoms with E-state index in [9.17, 15) is 8.42 Å². The van der Waals surface area contributed by atoms with Crippen molar-refractivity contribution in [1.82, 2.24) is 14.5 Å². The summed E-state index contributed by atoms with van der Waals surface area (Å²) in [6, 6.07) is 0.493. The van der Waals surface area contributed by atoms with Crippen LogP contribution in [-0.2, 0) is 10.0 Å². The fraction of sp³-hybridized carbons (Fsp3) is 1.00. The van der Waals surface area contributed by atoms with Gasteiger partial charge in [-0.2, -0.15) is 0 Å². The van der Waals surface area contributed by atoms with Gasteiger partial charge >= 0.3 is 0 Å². The van der Waals surface area contributed by atoms with Crippen molar-refractivity contribution in [1.29, 1.82) is 0 Å². The lowest BCUT2D eigenvalue weighted by atomic mass is 9.91. The van der Waals surface area contributed by atoms with E-state index in [1.807, 2.05) is 0 Å². The second-order valence-corrected chi connectivity index (χ2v) is 8.19. The van der Waals surface area contributed by atoms with Gasteiger partial charge in [0.15, 0.2) is 0 Å². The van der Waals surface area contributed by atoms with E-state index in [-0.39, 0.29) is 0 Å². The third kappa shape index (κ3) is 6.52. The highest BCUT2D eigenvalue weighted by Crippen LogP contribution is 2.23. The average Bonchev–Trinajstić information content (AvgIpc) is 2.35. The molecule has 1 saturated heterocycles. The molecule has 20 heavy (non-hydrogen) atoms. The van der Waals surface area contributed by atoms with E-state index in [2.05, 4.69) is 31.2 Å². The quantitative estimate of drug-likeness (QED) is 0.726. The van der Waals surface area contributed by atoms with Crippen LogP contribution in [0.2, 0.25) is 0 Å². The van der Waals surface area contributed by atoms with Crippen LogP contribution < -0.4 is 5.32 Å². The molecule has 0 bridgehead atoms. The molecule has 1 aliphatic rings.